The quantitative estimate of drug-likeness (QED) is 0.377. The largest absolute Gasteiger partial charge is 0.446 e. The Morgan fingerprint density at radius 2 is 1.76 bits per heavy atom. The number of aliphatic hydroxyl groups is 2. The Morgan fingerprint density at radius 1 is 1.05 bits per heavy atom. The summed E-state index contributed by atoms with van der Waals surface area (Å²) in [4.78, 5) is 12.6. The molecule has 7 nitrogen and oxygen atoms in total. The van der Waals surface area contributed by atoms with Gasteiger partial charge in [-0.15, -0.1) is 0 Å². The summed E-state index contributed by atoms with van der Waals surface area (Å²) in [6, 6.07) is 9.17. The molecule has 4 aliphatic carbocycles. The molecule has 4 fully saturated rings. The molecule has 7 heteroatoms. The molecule has 1 aromatic rings. The van der Waals surface area contributed by atoms with Crippen LogP contribution in [0.4, 0.5) is 10.5 Å². The number of benzene rings is 1. The maximum absolute atomic E-state index is 12.6. The number of allylic oxidation sites excluding steroid dienone is 1. The highest BCUT2D eigenvalue weighted by molar-refractivity contribution is 5.84. The van der Waals surface area contributed by atoms with Gasteiger partial charge in [0.05, 0.1) is 24.9 Å². The zero-order valence-corrected chi connectivity index (χ0v) is 25.3. The number of nitrogens with one attached hydrogen (secondary N) is 1. The van der Waals surface area contributed by atoms with Gasteiger partial charge in [0, 0.05) is 35.3 Å². The van der Waals surface area contributed by atoms with Crippen LogP contribution in [-0.4, -0.2) is 53.6 Å². The van der Waals surface area contributed by atoms with E-state index in [0.717, 1.165) is 38.9 Å². The number of anilines is 1. The summed E-state index contributed by atoms with van der Waals surface area (Å²) in [6.07, 6.45) is 7.07. The normalized spacial score (nSPS) is 44.3. The molecular formula is C34H49NO6. The minimum atomic E-state index is -1.24. The van der Waals surface area contributed by atoms with E-state index in [-0.39, 0.29) is 29.5 Å². The first-order valence-corrected chi connectivity index (χ1v) is 15.7. The van der Waals surface area contributed by atoms with E-state index in [1.54, 1.807) is 12.1 Å². The molecule has 3 N–H and O–H groups in total. The molecule has 1 amide bonds. The first-order chi connectivity index (χ1) is 19.4. The molecule has 0 aromatic heterocycles. The average Bonchev–Trinajstić information content (AvgIpc) is 3.27. The van der Waals surface area contributed by atoms with Crippen LogP contribution < -0.4 is 5.32 Å². The molecule has 10 atom stereocenters. The smallest absolute Gasteiger partial charge is 0.411 e. The minimum absolute atomic E-state index is 0.0616. The fourth-order valence-corrected chi connectivity index (χ4v) is 9.69. The Labute approximate surface area is 245 Å². The molecule has 1 aromatic carbocycles. The lowest BCUT2D eigenvalue weighted by Gasteiger charge is -2.63. The topological polar surface area (TPSA) is 97.3 Å². The summed E-state index contributed by atoms with van der Waals surface area (Å²) in [5, 5.41) is 26.5. The maximum atomic E-state index is 12.6. The third kappa shape index (κ3) is 4.85. The first kappa shape index (κ1) is 29.2. The van der Waals surface area contributed by atoms with Crippen LogP contribution in [-0.2, 0) is 14.2 Å². The van der Waals surface area contributed by atoms with Gasteiger partial charge in [-0.1, -0.05) is 65.0 Å². The van der Waals surface area contributed by atoms with Gasteiger partial charge in [0.15, 0.2) is 6.29 Å². The number of amides is 1. The van der Waals surface area contributed by atoms with E-state index in [1.165, 1.54) is 0 Å². The van der Waals surface area contributed by atoms with Crippen molar-refractivity contribution in [1.29, 1.82) is 0 Å². The summed E-state index contributed by atoms with van der Waals surface area (Å²) < 4.78 is 18.2. The average molecular weight is 568 g/mol. The van der Waals surface area contributed by atoms with Gasteiger partial charge in [-0.3, -0.25) is 5.32 Å². The Kier molecular flexibility index (Phi) is 7.37. The summed E-state index contributed by atoms with van der Waals surface area (Å²) in [7, 11) is 0. The molecule has 3 saturated carbocycles. The van der Waals surface area contributed by atoms with Gasteiger partial charge in [-0.25, -0.2) is 4.79 Å². The SMILES string of the molecule is CC(C1OCC(C)(C)CO1)[C@H]1CC[C@H]2[C@@H]3C=CC4(O)CC(OC(=O)Nc5ccccc5)CC(O)[C@]4(C)[C@H]3CC[C@]12C. The van der Waals surface area contributed by atoms with Crippen molar-refractivity contribution < 1.29 is 29.2 Å². The Balaban J connectivity index is 1.17. The molecule has 0 bridgehead atoms. The van der Waals surface area contributed by atoms with E-state index >= 15 is 0 Å². The third-order valence-corrected chi connectivity index (χ3v) is 12.1. The molecule has 41 heavy (non-hydrogen) atoms. The fourth-order valence-electron chi connectivity index (χ4n) is 9.69. The molecule has 4 unspecified atom stereocenters. The number of para-hydroxylation sites is 1. The van der Waals surface area contributed by atoms with Crippen molar-refractivity contribution in [1.82, 2.24) is 0 Å². The molecule has 0 spiro atoms. The lowest BCUT2D eigenvalue weighted by Crippen LogP contribution is -2.66. The highest BCUT2D eigenvalue weighted by Crippen LogP contribution is 2.68. The number of fused-ring (bicyclic) bond motifs is 5. The van der Waals surface area contributed by atoms with E-state index in [4.69, 9.17) is 14.2 Å². The van der Waals surface area contributed by atoms with Crippen LogP contribution in [0.2, 0.25) is 0 Å². The summed E-state index contributed by atoms with van der Waals surface area (Å²) >= 11 is 0. The molecule has 1 heterocycles. The number of carbonyl (C=O) groups is 1. The zero-order valence-electron chi connectivity index (χ0n) is 25.3. The predicted molar refractivity (Wildman–Crippen MR) is 157 cm³/mol. The molecule has 6 rings (SSSR count). The van der Waals surface area contributed by atoms with Crippen LogP contribution in [0.5, 0.6) is 0 Å². The van der Waals surface area contributed by atoms with Crippen molar-refractivity contribution in [3.8, 4) is 0 Å². The van der Waals surface area contributed by atoms with Gasteiger partial charge in [0.1, 0.15) is 6.10 Å². The number of ether oxygens (including phenoxy) is 3. The second-order valence-corrected chi connectivity index (χ2v) is 15.1. The van der Waals surface area contributed by atoms with E-state index in [1.807, 2.05) is 24.3 Å². The fraction of sp³-hybridized carbons (Fsp3) is 0.735. The third-order valence-electron chi connectivity index (χ3n) is 12.1. The summed E-state index contributed by atoms with van der Waals surface area (Å²) in [5.41, 5.74) is -1.06. The Bertz CT molecular complexity index is 1150. The lowest BCUT2D eigenvalue weighted by molar-refractivity contribution is -0.254. The van der Waals surface area contributed by atoms with Gasteiger partial charge in [-0.2, -0.15) is 0 Å². The Morgan fingerprint density at radius 3 is 2.46 bits per heavy atom. The van der Waals surface area contributed by atoms with E-state index in [0.29, 0.717) is 35.8 Å². The van der Waals surface area contributed by atoms with Crippen LogP contribution in [0.15, 0.2) is 42.5 Å². The number of rotatable bonds is 4. The zero-order chi connectivity index (χ0) is 29.2. The standard InChI is InChI=1S/C34H49NO6/c1-21(29-39-19-31(2,3)20-40-29)25-11-12-26-24-13-16-34(38)18-23(41-30(37)35-22-9-7-6-8-10-22)17-28(36)33(34,5)27(24)14-15-32(25,26)4/h6-10,13,16,21,23-29,36,38H,11-12,14-15,17-20H2,1-5H3,(H,35,37)/t21?,23?,24-,25+,26-,27-,28?,32+,33-,34?/m0/s1. The number of carbonyl (C=O) groups excluding carboxylic acids is 1. The van der Waals surface area contributed by atoms with E-state index in [9.17, 15) is 15.0 Å². The van der Waals surface area contributed by atoms with Crippen molar-refractivity contribution in [3.63, 3.8) is 0 Å². The number of hydrogen-bond donors (Lipinski definition) is 3. The lowest BCUT2D eigenvalue weighted by atomic mass is 9.44. The molecular weight excluding hydrogens is 518 g/mol. The molecule has 5 aliphatic rings. The van der Waals surface area contributed by atoms with Gasteiger partial charge in [0.2, 0.25) is 0 Å². The van der Waals surface area contributed by atoms with E-state index in [2.05, 4.69) is 46.0 Å². The van der Waals surface area contributed by atoms with Gasteiger partial charge in [-0.05, 0) is 66.9 Å². The van der Waals surface area contributed by atoms with Crippen LogP contribution in [0.25, 0.3) is 0 Å². The first-order valence-electron chi connectivity index (χ1n) is 15.7. The summed E-state index contributed by atoms with van der Waals surface area (Å²) in [6.45, 7) is 12.7. The Hall–Kier alpha value is -1.93. The minimum Gasteiger partial charge on any atom is -0.446 e. The van der Waals surface area contributed by atoms with Crippen LogP contribution in [0.3, 0.4) is 0 Å². The molecule has 1 aliphatic heterocycles. The van der Waals surface area contributed by atoms with Crippen molar-refractivity contribution in [2.45, 2.75) is 97.2 Å². The highest BCUT2D eigenvalue weighted by Gasteiger charge is 2.66. The maximum Gasteiger partial charge on any atom is 0.411 e. The van der Waals surface area contributed by atoms with Gasteiger partial charge < -0.3 is 24.4 Å². The van der Waals surface area contributed by atoms with Crippen LogP contribution in [0.1, 0.15) is 73.1 Å². The second-order valence-electron chi connectivity index (χ2n) is 15.1. The van der Waals surface area contributed by atoms with Crippen LogP contribution >= 0.6 is 0 Å². The van der Waals surface area contributed by atoms with Crippen molar-refractivity contribution in [3.05, 3.63) is 42.5 Å². The van der Waals surface area contributed by atoms with Crippen molar-refractivity contribution in [2.24, 2.45) is 45.8 Å². The van der Waals surface area contributed by atoms with Crippen molar-refractivity contribution in [2.75, 3.05) is 18.5 Å². The molecule has 0 radical (unpaired) electrons. The number of aliphatic hydroxyl groups excluding tert-OH is 1. The van der Waals surface area contributed by atoms with Gasteiger partial charge in [0.25, 0.3) is 0 Å². The van der Waals surface area contributed by atoms with Crippen LogP contribution in [0, 0.1) is 45.8 Å². The predicted octanol–water partition coefficient (Wildman–Crippen LogP) is 6.16. The second kappa shape index (κ2) is 10.4. The van der Waals surface area contributed by atoms with E-state index < -0.39 is 29.3 Å². The van der Waals surface area contributed by atoms with Crippen molar-refractivity contribution >= 4 is 11.8 Å². The van der Waals surface area contributed by atoms with Gasteiger partial charge >= 0.3 is 6.09 Å². The number of hydrogen-bond acceptors (Lipinski definition) is 6. The highest BCUT2D eigenvalue weighted by atomic mass is 16.7. The molecule has 1 saturated heterocycles. The monoisotopic (exact) mass is 567 g/mol. The molecule has 226 valence electrons. The summed E-state index contributed by atoms with van der Waals surface area (Å²) in [5.74, 6) is 1.79.